The van der Waals surface area contributed by atoms with Crippen molar-refractivity contribution in [1.82, 2.24) is 5.32 Å². The van der Waals surface area contributed by atoms with E-state index in [4.69, 9.17) is 4.74 Å². The number of hydrogen-bond donors (Lipinski definition) is 3. The Morgan fingerprint density at radius 2 is 0.613 bits per heavy atom. The molecule has 0 bridgehead atoms. The van der Waals surface area contributed by atoms with Crippen LogP contribution in [0.5, 0.6) is 0 Å². The minimum Gasteiger partial charge on any atom is -0.466 e. The minimum absolute atomic E-state index is 0.0256. The van der Waals surface area contributed by atoms with Gasteiger partial charge in [-0.05, 0) is 32.1 Å². The zero-order chi connectivity index (χ0) is 54.3. The molecule has 2 atom stereocenters. The van der Waals surface area contributed by atoms with Crippen molar-refractivity contribution in [1.29, 1.82) is 0 Å². The summed E-state index contributed by atoms with van der Waals surface area (Å²) in [5.41, 5.74) is 0. The molecule has 0 aromatic heterocycles. The first-order chi connectivity index (χ1) is 37.0. The van der Waals surface area contributed by atoms with E-state index in [0.717, 1.165) is 38.5 Å². The van der Waals surface area contributed by atoms with E-state index in [1.54, 1.807) is 6.08 Å². The van der Waals surface area contributed by atoms with Gasteiger partial charge in [0.15, 0.2) is 0 Å². The Bertz CT molecular complexity index is 1130. The standard InChI is InChI=1S/C69H135NO5/c1-3-5-7-9-11-13-14-15-16-37-40-43-47-51-55-59-63-69(74)75-64-60-56-52-48-44-41-38-35-33-31-29-27-25-23-21-19-17-18-20-22-24-26-28-30-32-34-36-39-42-46-50-54-58-62-68(73)70-66(65-71)67(72)61-57-53-49-45-12-10-8-6-4-2/h57,61,66-67,71-72H,3-56,58-60,62-65H2,1-2H3,(H,70,73)/b61-57+. The molecular weight excluding hydrogens is 923 g/mol. The van der Waals surface area contributed by atoms with Crippen LogP contribution in [-0.2, 0) is 14.3 Å². The molecule has 0 saturated carbocycles. The number of unbranched alkanes of at least 4 members (excludes halogenated alkanes) is 54. The summed E-state index contributed by atoms with van der Waals surface area (Å²) in [5, 5.41) is 23.0. The van der Waals surface area contributed by atoms with Crippen LogP contribution in [0.2, 0.25) is 0 Å². The Morgan fingerprint density at radius 1 is 0.360 bits per heavy atom. The molecule has 0 heterocycles. The summed E-state index contributed by atoms with van der Waals surface area (Å²) in [7, 11) is 0. The molecular formula is C69H135NO5. The Balaban J connectivity index is 3.27. The molecule has 0 fully saturated rings. The van der Waals surface area contributed by atoms with E-state index in [-0.39, 0.29) is 18.5 Å². The smallest absolute Gasteiger partial charge is 0.305 e. The van der Waals surface area contributed by atoms with Gasteiger partial charge in [-0.3, -0.25) is 9.59 Å². The van der Waals surface area contributed by atoms with Gasteiger partial charge in [-0.2, -0.15) is 0 Å². The highest BCUT2D eigenvalue weighted by molar-refractivity contribution is 5.76. The molecule has 3 N–H and O–H groups in total. The van der Waals surface area contributed by atoms with Crippen LogP contribution in [0.25, 0.3) is 0 Å². The Kier molecular flexibility index (Phi) is 63.9. The highest BCUT2D eigenvalue weighted by Gasteiger charge is 2.18. The van der Waals surface area contributed by atoms with E-state index in [0.29, 0.717) is 19.4 Å². The summed E-state index contributed by atoms with van der Waals surface area (Å²) >= 11 is 0. The topological polar surface area (TPSA) is 95.9 Å². The predicted octanol–water partition coefficient (Wildman–Crippen LogP) is 22.0. The Hall–Kier alpha value is -1.40. The van der Waals surface area contributed by atoms with Crippen molar-refractivity contribution in [3.63, 3.8) is 0 Å². The largest absolute Gasteiger partial charge is 0.466 e. The van der Waals surface area contributed by atoms with Gasteiger partial charge in [0.25, 0.3) is 0 Å². The van der Waals surface area contributed by atoms with Gasteiger partial charge in [-0.15, -0.1) is 0 Å². The number of amides is 1. The molecule has 446 valence electrons. The average Bonchev–Trinajstić information content (AvgIpc) is 3.41. The van der Waals surface area contributed by atoms with Gasteiger partial charge in [0, 0.05) is 12.8 Å². The van der Waals surface area contributed by atoms with E-state index < -0.39 is 12.1 Å². The number of nitrogens with one attached hydrogen (secondary N) is 1. The second-order valence-corrected chi connectivity index (χ2v) is 23.9. The molecule has 0 aromatic rings. The summed E-state index contributed by atoms with van der Waals surface area (Å²) in [6.45, 7) is 4.91. The van der Waals surface area contributed by atoms with E-state index in [9.17, 15) is 19.8 Å². The number of aliphatic hydroxyl groups excluding tert-OH is 2. The normalized spacial score (nSPS) is 12.5. The lowest BCUT2D eigenvalue weighted by molar-refractivity contribution is -0.143. The van der Waals surface area contributed by atoms with E-state index >= 15 is 0 Å². The molecule has 0 rings (SSSR count). The monoisotopic (exact) mass is 1060 g/mol. The van der Waals surface area contributed by atoms with Gasteiger partial charge in [-0.1, -0.05) is 360 Å². The van der Waals surface area contributed by atoms with Gasteiger partial charge in [0.2, 0.25) is 5.91 Å². The molecule has 0 radical (unpaired) electrons. The van der Waals surface area contributed by atoms with Crippen LogP contribution in [0.4, 0.5) is 0 Å². The second-order valence-electron chi connectivity index (χ2n) is 23.9. The number of ether oxygens (including phenoxy) is 1. The quantitative estimate of drug-likeness (QED) is 0.0320. The summed E-state index contributed by atoms with van der Waals surface area (Å²) in [6, 6.07) is -0.621. The van der Waals surface area contributed by atoms with Crippen molar-refractivity contribution < 1.29 is 24.5 Å². The number of rotatable bonds is 65. The van der Waals surface area contributed by atoms with Crippen LogP contribution in [-0.4, -0.2) is 47.4 Å². The van der Waals surface area contributed by atoms with E-state index in [1.165, 1.54) is 327 Å². The number of carbonyl (C=O) groups is 2. The van der Waals surface area contributed by atoms with Crippen LogP contribution in [0.1, 0.15) is 393 Å². The average molecular weight is 1060 g/mol. The predicted molar refractivity (Wildman–Crippen MR) is 329 cm³/mol. The summed E-state index contributed by atoms with van der Waals surface area (Å²) in [4.78, 5) is 24.5. The van der Waals surface area contributed by atoms with Crippen molar-refractivity contribution in [3.8, 4) is 0 Å². The molecule has 0 spiro atoms. The third kappa shape index (κ3) is 61.7. The molecule has 0 aliphatic rings. The molecule has 0 aliphatic carbocycles. The Morgan fingerprint density at radius 3 is 0.907 bits per heavy atom. The lowest BCUT2D eigenvalue weighted by atomic mass is 10.0. The maximum absolute atomic E-state index is 12.4. The highest BCUT2D eigenvalue weighted by Crippen LogP contribution is 2.19. The van der Waals surface area contributed by atoms with Gasteiger partial charge in [0.05, 0.1) is 25.4 Å². The van der Waals surface area contributed by atoms with Gasteiger partial charge in [-0.25, -0.2) is 0 Å². The SMILES string of the molecule is CCCCCCCCC/C=C/C(O)C(CO)NC(=O)CCCCCCCCCCCCCCCCCCCCCCCCCCCCCCCCCCCOC(=O)CCCCCCCCCCCCCCCCCC. The van der Waals surface area contributed by atoms with Crippen molar-refractivity contribution in [2.75, 3.05) is 13.2 Å². The van der Waals surface area contributed by atoms with E-state index in [2.05, 4.69) is 19.2 Å². The van der Waals surface area contributed by atoms with Crippen LogP contribution in [0.3, 0.4) is 0 Å². The second kappa shape index (κ2) is 65.1. The van der Waals surface area contributed by atoms with Crippen molar-refractivity contribution in [2.24, 2.45) is 0 Å². The Labute approximate surface area is 469 Å². The zero-order valence-electron chi connectivity index (χ0n) is 51.1. The van der Waals surface area contributed by atoms with Gasteiger partial charge < -0.3 is 20.3 Å². The maximum Gasteiger partial charge on any atom is 0.305 e. The molecule has 0 aliphatic heterocycles. The first kappa shape index (κ1) is 73.6. The fraction of sp³-hybridized carbons (Fsp3) is 0.942. The van der Waals surface area contributed by atoms with Crippen molar-refractivity contribution in [2.45, 2.75) is 405 Å². The molecule has 2 unspecified atom stereocenters. The van der Waals surface area contributed by atoms with Crippen LogP contribution in [0, 0.1) is 0 Å². The molecule has 1 amide bonds. The number of esters is 1. The van der Waals surface area contributed by atoms with Crippen LogP contribution in [0.15, 0.2) is 12.2 Å². The summed E-state index contributed by atoms with van der Waals surface area (Å²) in [6.07, 6.45) is 80.3. The first-order valence-corrected chi connectivity index (χ1v) is 34.5. The van der Waals surface area contributed by atoms with Crippen molar-refractivity contribution >= 4 is 11.9 Å². The summed E-state index contributed by atoms with van der Waals surface area (Å²) < 4.78 is 5.51. The van der Waals surface area contributed by atoms with Crippen LogP contribution < -0.4 is 5.32 Å². The third-order valence-electron chi connectivity index (χ3n) is 16.3. The lowest BCUT2D eigenvalue weighted by Crippen LogP contribution is -2.45. The number of allylic oxidation sites excluding steroid dienone is 1. The van der Waals surface area contributed by atoms with Gasteiger partial charge in [0.1, 0.15) is 0 Å². The van der Waals surface area contributed by atoms with Gasteiger partial charge >= 0.3 is 5.97 Å². The summed E-state index contributed by atoms with van der Waals surface area (Å²) in [5.74, 6) is -0.0385. The molecule has 0 saturated heterocycles. The molecule has 6 nitrogen and oxygen atoms in total. The number of carbonyl (C=O) groups excluding carboxylic acids is 2. The third-order valence-corrected chi connectivity index (χ3v) is 16.3. The lowest BCUT2D eigenvalue weighted by Gasteiger charge is -2.20. The first-order valence-electron chi connectivity index (χ1n) is 34.5. The maximum atomic E-state index is 12.4. The van der Waals surface area contributed by atoms with E-state index in [1.807, 2.05) is 6.08 Å². The van der Waals surface area contributed by atoms with Crippen molar-refractivity contribution in [3.05, 3.63) is 12.2 Å². The molecule has 75 heavy (non-hydrogen) atoms. The fourth-order valence-corrected chi connectivity index (χ4v) is 11.1. The minimum atomic E-state index is -0.838. The molecule has 6 heteroatoms. The fourth-order valence-electron chi connectivity index (χ4n) is 11.1. The molecule has 0 aromatic carbocycles. The highest BCUT2D eigenvalue weighted by atomic mass is 16.5. The van der Waals surface area contributed by atoms with Crippen LogP contribution >= 0.6 is 0 Å². The number of aliphatic hydroxyl groups is 2. The zero-order valence-corrected chi connectivity index (χ0v) is 51.1. The number of hydrogen-bond acceptors (Lipinski definition) is 5.